The van der Waals surface area contributed by atoms with Crippen molar-refractivity contribution in [2.24, 2.45) is 0 Å². The number of aromatic nitrogens is 1. The lowest BCUT2D eigenvalue weighted by molar-refractivity contribution is -0.137. The molecule has 1 heterocycles. The normalized spacial score (nSPS) is 10.7. The van der Waals surface area contributed by atoms with Crippen molar-refractivity contribution in [1.82, 2.24) is 4.98 Å². The van der Waals surface area contributed by atoms with Crippen molar-refractivity contribution in [2.45, 2.75) is 12.7 Å². The molecule has 0 saturated carbocycles. The smallest absolute Gasteiger partial charge is 0.383 e. The summed E-state index contributed by atoms with van der Waals surface area (Å²) in [4.78, 5) is 4.03. The molecule has 0 radical (unpaired) electrons. The number of nitrogens with one attached hydrogen (secondary N) is 1. The Kier molecular flexibility index (Phi) is 6.90. The Labute approximate surface area is 155 Å². The molecule has 25 heavy (non-hydrogen) atoms. The van der Waals surface area contributed by atoms with Gasteiger partial charge in [0.1, 0.15) is 5.82 Å². The van der Waals surface area contributed by atoms with Crippen molar-refractivity contribution >= 4 is 47.1 Å². The summed E-state index contributed by atoms with van der Waals surface area (Å²) in [5.41, 5.74) is 6.51. The first-order valence-electron chi connectivity index (χ1n) is 6.98. The minimum atomic E-state index is -4.33. The van der Waals surface area contributed by atoms with Crippen LogP contribution < -0.4 is 11.1 Å². The average Bonchev–Trinajstić information content (AvgIpc) is 2.53. The molecule has 0 aliphatic carbocycles. The number of nitrogen functional groups attached to an aromatic ring is 1. The summed E-state index contributed by atoms with van der Waals surface area (Å²) in [5.74, 6) is 0.421. The molecule has 0 amide bonds. The van der Waals surface area contributed by atoms with Crippen LogP contribution in [0.15, 0.2) is 54.7 Å². The number of nitrogens with two attached hydrogens (primary N) is 1. The van der Waals surface area contributed by atoms with E-state index in [1.807, 2.05) is 24.3 Å². The van der Waals surface area contributed by atoms with Gasteiger partial charge in [0.2, 0.25) is 0 Å². The molecule has 0 unspecified atom stereocenters. The zero-order valence-corrected chi connectivity index (χ0v) is 14.5. The van der Waals surface area contributed by atoms with Gasteiger partial charge in [0.25, 0.3) is 0 Å². The lowest BCUT2D eigenvalue weighted by Crippen LogP contribution is -2.06. The second-order valence-electron chi connectivity index (χ2n) is 5.18. The molecule has 0 spiro atoms. The number of halogens is 5. The number of pyridine rings is 1. The Bertz CT molecular complexity index is 854. The SMILES string of the molecule is Cl.Cl.Nc1nccc2ccc(NCc3cccc(C(F)(F)F)c3)cc12. The molecule has 2 aromatic carbocycles. The Hall–Kier alpha value is -2.18. The van der Waals surface area contributed by atoms with Crippen molar-refractivity contribution in [3.05, 3.63) is 65.9 Å². The zero-order chi connectivity index (χ0) is 16.4. The highest BCUT2D eigenvalue weighted by Gasteiger charge is 2.30. The van der Waals surface area contributed by atoms with Crippen LogP contribution in [0.25, 0.3) is 10.8 Å². The Morgan fingerprint density at radius 1 is 1.00 bits per heavy atom. The Balaban J connectivity index is 0.00000156. The summed E-state index contributed by atoms with van der Waals surface area (Å²) < 4.78 is 38.1. The monoisotopic (exact) mass is 389 g/mol. The molecule has 3 N–H and O–H groups in total. The summed E-state index contributed by atoms with van der Waals surface area (Å²) in [6.45, 7) is 0.287. The Morgan fingerprint density at radius 2 is 1.76 bits per heavy atom. The minimum absolute atomic E-state index is 0. The summed E-state index contributed by atoms with van der Waals surface area (Å²) in [5, 5.41) is 4.88. The van der Waals surface area contributed by atoms with Crippen LogP contribution in [0, 0.1) is 0 Å². The fourth-order valence-electron chi connectivity index (χ4n) is 2.36. The average molecular weight is 390 g/mol. The van der Waals surface area contributed by atoms with Crippen LogP contribution in [0.3, 0.4) is 0 Å². The van der Waals surface area contributed by atoms with E-state index >= 15 is 0 Å². The molecule has 3 rings (SSSR count). The molecule has 1 aromatic heterocycles. The van der Waals surface area contributed by atoms with Gasteiger partial charge in [-0.1, -0.05) is 18.2 Å². The van der Waals surface area contributed by atoms with Gasteiger partial charge < -0.3 is 11.1 Å². The largest absolute Gasteiger partial charge is 0.416 e. The molecular weight excluding hydrogens is 374 g/mol. The predicted octanol–water partition coefficient (Wildman–Crippen LogP) is 5.29. The van der Waals surface area contributed by atoms with Gasteiger partial charge in [0, 0.05) is 23.8 Å². The highest BCUT2D eigenvalue weighted by molar-refractivity contribution is 5.93. The van der Waals surface area contributed by atoms with Gasteiger partial charge >= 0.3 is 6.18 Å². The minimum Gasteiger partial charge on any atom is -0.383 e. The molecular formula is C17H16Cl2F3N3. The van der Waals surface area contributed by atoms with E-state index in [4.69, 9.17) is 5.73 Å². The maximum Gasteiger partial charge on any atom is 0.416 e. The lowest BCUT2D eigenvalue weighted by Gasteiger charge is -2.11. The maximum atomic E-state index is 12.7. The van der Waals surface area contributed by atoms with Crippen LogP contribution in [0.4, 0.5) is 24.7 Å². The van der Waals surface area contributed by atoms with Crippen LogP contribution in [-0.2, 0) is 12.7 Å². The molecule has 134 valence electrons. The van der Waals surface area contributed by atoms with E-state index in [0.717, 1.165) is 28.6 Å². The number of hydrogen-bond donors (Lipinski definition) is 2. The van der Waals surface area contributed by atoms with Gasteiger partial charge in [-0.15, -0.1) is 24.8 Å². The van der Waals surface area contributed by atoms with Crippen molar-refractivity contribution in [2.75, 3.05) is 11.1 Å². The second-order valence-corrected chi connectivity index (χ2v) is 5.18. The molecule has 0 bridgehead atoms. The van der Waals surface area contributed by atoms with Crippen molar-refractivity contribution < 1.29 is 13.2 Å². The fourth-order valence-corrected chi connectivity index (χ4v) is 2.36. The van der Waals surface area contributed by atoms with E-state index in [1.54, 1.807) is 12.3 Å². The number of alkyl halides is 3. The van der Waals surface area contributed by atoms with E-state index in [-0.39, 0.29) is 31.4 Å². The van der Waals surface area contributed by atoms with E-state index in [0.29, 0.717) is 11.4 Å². The van der Waals surface area contributed by atoms with Crippen molar-refractivity contribution in [1.29, 1.82) is 0 Å². The second kappa shape index (κ2) is 8.27. The number of rotatable bonds is 3. The van der Waals surface area contributed by atoms with E-state index in [2.05, 4.69) is 10.3 Å². The molecule has 0 atom stereocenters. The van der Waals surface area contributed by atoms with Crippen LogP contribution in [-0.4, -0.2) is 4.98 Å². The van der Waals surface area contributed by atoms with Gasteiger partial charge in [-0.2, -0.15) is 13.2 Å². The standard InChI is InChI=1S/C17H14F3N3.2ClH/c18-17(19,20)13-3-1-2-11(8-13)10-23-14-5-4-12-6-7-22-16(21)15(12)9-14;;/h1-9,23H,10H2,(H2,21,22);2*1H. The number of benzene rings is 2. The first-order valence-corrected chi connectivity index (χ1v) is 6.98. The molecule has 3 nitrogen and oxygen atoms in total. The summed E-state index contributed by atoms with van der Waals surface area (Å²) in [6.07, 6.45) is -2.70. The van der Waals surface area contributed by atoms with Gasteiger partial charge in [-0.05, 0) is 41.3 Å². The van der Waals surface area contributed by atoms with E-state index < -0.39 is 11.7 Å². The van der Waals surface area contributed by atoms with Gasteiger partial charge in [0.15, 0.2) is 0 Å². The van der Waals surface area contributed by atoms with Gasteiger partial charge in [0.05, 0.1) is 5.56 Å². The zero-order valence-electron chi connectivity index (χ0n) is 12.9. The number of nitrogens with zero attached hydrogens (tertiary/aromatic N) is 1. The van der Waals surface area contributed by atoms with Crippen LogP contribution in [0.1, 0.15) is 11.1 Å². The molecule has 0 aliphatic rings. The number of fused-ring (bicyclic) bond motifs is 1. The van der Waals surface area contributed by atoms with Gasteiger partial charge in [-0.3, -0.25) is 0 Å². The highest BCUT2D eigenvalue weighted by Crippen LogP contribution is 2.30. The number of hydrogen-bond acceptors (Lipinski definition) is 3. The maximum absolute atomic E-state index is 12.7. The van der Waals surface area contributed by atoms with Gasteiger partial charge in [-0.25, -0.2) is 4.98 Å². The van der Waals surface area contributed by atoms with Crippen LogP contribution in [0.5, 0.6) is 0 Å². The first-order chi connectivity index (χ1) is 10.9. The van der Waals surface area contributed by atoms with Crippen molar-refractivity contribution in [3.8, 4) is 0 Å². The highest BCUT2D eigenvalue weighted by atomic mass is 35.5. The third-order valence-corrected chi connectivity index (χ3v) is 3.55. The summed E-state index contributed by atoms with van der Waals surface area (Å²) >= 11 is 0. The summed E-state index contributed by atoms with van der Waals surface area (Å²) in [7, 11) is 0. The molecule has 0 fully saturated rings. The summed E-state index contributed by atoms with van der Waals surface area (Å²) in [6, 6.07) is 12.7. The molecule has 0 aliphatic heterocycles. The lowest BCUT2D eigenvalue weighted by atomic mass is 10.1. The quantitative estimate of drug-likeness (QED) is 0.639. The molecule has 0 saturated heterocycles. The Morgan fingerprint density at radius 3 is 2.48 bits per heavy atom. The molecule has 8 heteroatoms. The van der Waals surface area contributed by atoms with E-state index in [9.17, 15) is 13.2 Å². The predicted molar refractivity (Wildman–Crippen MR) is 99.4 cm³/mol. The van der Waals surface area contributed by atoms with Crippen molar-refractivity contribution in [3.63, 3.8) is 0 Å². The number of anilines is 2. The third kappa shape index (κ3) is 4.90. The van der Waals surface area contributed by atoms with Crippen LogP contribution in [0.2, 0.25) is 0 Å². The topological polar surface area (TPSA) is 50.9 Å². The third-order valence-electron chi connectivity index (χ3n) is 3.55. The van der Waals surface area contributed by atoms with Crippen LogP contribution >= 0.6 is 24.8 Å². The molecule has 3 aromatic rings. The van der Waals surface area contributed by atoms with E-state index in [1.165, 1.54) is 6.07 Å². The first kappa shape index (κ1) is 20.9. The fraction of sp³-hybridized carbons (Fsp3) is 0.118.